The van der Waals surface area contributed by atoms with E-state index in [1.54, 1.807) is 0 Å². The van der Waals surface area contributed by atoms with Crippen LogP contribution >= 0.6 is 24.0 Å². The molecule has 0 fully saturated rings. The highest BCUT2D eigenvalue weighted by molar-refractivity contribution is 14.0. The maximum Gasteiger partial charge on any atom is 0.193 e. The van der Waals surface area contributed by atoms with E-state index in [9.17, 15) is 0 Å². The number of aryl methyl sites for hydroxylation is 1. The number of nitrogens with one attached hydrogen (secondary N) is 1. The van der Waals surface area contributed by atoms with Gasteiger partial charge in [0.25, 0.3) is 0 Å². The van der Waals surface area contributed by atoms with Gasteiger partial charge in [-0.25, -0.2) is 4.99 Å². The average Bonchev–Trinajstić information content (AvgIpc) is 2.93. The molecule has 152 valence electrons. The molecule has 0 saturated heterocycles. The Morgan fingerprint density at radius 2 is 1.86 bits per heavy atom. The van der Waals surface area contributed by atoms with Crippen LogP contribution in [0.15, 0.2) is 59.6 Å². The topological polar surface area (TPSA) is 90.4 Å². The van der Waals surface area contributed by atoms with Crippen LogP contribution in [0.4, 0.5) is 5.69 Å². The van der Waals surface area contributed by atoms with E-state index in [0.717, 1.165) is 48.2 Å². The first-order valence-corrected chi connectivity index (χ1v) is 9.59. The van der Waals surface area contributed by atoms with Crippen molar-refractivity contribution in [1.29, 1.82) is 0 Å². The summed E-state index contributed by atoms with van der Waals surface area (Å²) in [6.07, 6.45) is 4.55. The summed E-state index contributed by atoms with van der Waals surface area (Å²) < 4.78 is 8.03. The third-order valence-corrected chi connectivity index (χ3v) is 4.66. The highest BCUT2D eigenvalue weighted by Gasteiger charge is 2.14. The van der Waals surface area contributed by atoms with Gasteiger partial charge in [-0.3, -0.25) is 0 Å². The molecule has 0 amide bonds. The molecule has 2 aromatic carbocycles. The summed E-state index contributed by atoms with van der Waals surface area (Å²) >= 11 is 0. The molecule has 1 aliphatic heterocycles. The van der Waals surface area contributed by atoms with Crippen LogP contribution in [0.3, 0.4) is 0 Å². The number of rotatable bonds is 5. The lowest BCUT2D eigenvalue weighted by molar-refractivity contribution is 0.483. The number of halogens is 1. The predicted molar refractivity (Wildman–Crippen MR) is 125 cm³/mol. The Morgan fingerprint density at radius 3 is 2.72 bits per heavy atom. The molecule has 3 N–H and O–H groups in total. The summed E-state index contributed by atoms with van der Waals surface area (Å²) in [6.45, 7) is 1.37. The van der Waals surface area contributed by atoms with Crippen LogP contribution in [-0.4, -0.2) is 20.7 Å². The molecule has 4 rings (SSSR count). The molecule has 0 atom stereocenters. The SMILES string of the molecule is I.NC(=NCc1nnc2n1CCCCC2)Nc1cccc(Oc2ccccc2)c1. The molecule has 8 heteroatoms. The zero-order chi connectivity index (χ0) is 19.2. The molecule has 2 heterocycles. The maximum absolute atomic E-state index is 6.07. The Hall–Kier alpha value is -2.62. The molecule has 0 saturated carbocycles. The molecule has 0 spiro atoms. The minimum absolute atomic E-state index is 0. The normalized spacial score (nSPS) is 13.7. The number of hydrogen-bond acceptors (Lipinski definition) is 4. The molecular formula is C21H25IN6O. The van der Waals surface area contributed by atoms with Gasteiger partial charge in [-0.15, -0.1) is 34.2 Å². The van der Waals surface area contributed by atoms with Crippen molar-refractivity contribution >= 4 is 35.6 Å². The second kappa shape index (κ2) is 10.2. The largest absolute Gasteiger partial charge is 0.457 e. The monoisotopic (exact) mass is 504 g/mol. The van der Waals surface area contributed by atoms with E-state index in [4.69, 9.17) is 10.5 Å². The number of anilines is 1. The van der Waals surface area contributed by atoms with Crippen LogP contribution in [0.1, 0.15) is 30.9 Å². The summed E-state index contributed by atoms with van der Waals surface area (Å²) in [5.41, 5.74) is 6.89. The van der Waals surface area contributed by atoms with E-state index in [1.807, 2.05) is 54.6 Å². The van der Waals surface area contributed by atoms with Gasteiger partial charge < -0.3 is 20.4 Å². The smallest absolute Gasteiger partial charge is 0.193 e. The Bertz CT molecular complexity index is 957. The number of nitrogens with two attached hydrogens (primary N) is 1. The Kier molecular flexibility index (Phi) is 7.45. The number of benzene rings is 2. The molecule has 0 aliphatic carbocycles. The van der Waals surface area contributed by atoms with Crippen molar-refractivity contribution in [2.75, 3.05) is 5.32 Å². The second-order valence-electron chi connectivity index (χ2n) is 6.76. The van der Waals surface area contributed by atoms with Crippen molar-refractivity contribution in [3.63, 3.8) is 0 Å². The van der Waals surface area contributed by atoms with Crippen LogP contribution < -0.4 is 15.8 Å². The van der Waals surface area contributed by atoms with Crippen molar-refractivity contribution in [3.8, 4) is 11.5 Å². The van der Waals surface area contributed by atoms with Crippen LogP contribution in [0, 0.1) is 0 Å². The van der Waals surface area contributed by atoms with Crippen molar-refractivity contribution in [1.82, 2.24) is 14.8 Å². The lowest BCUT2D eigenvalue weighted by Crippen LogP contribution is -2.23. The number of para-hydroxylation sites is 1. The van der Waals surface area contributed by atoms with Gasteiger partial charge in [0.05, 0.1) is 0 Å². The lowest BCUT2D eigenvalue weighted by Gasteiger charge is -2.09. The molecule has 0 bridgehead atoms. The Labute approximate surface area is 187 Å². The fourth-order valence-corrected chi connectivity index (χ4v) is 3.27. The van der Waals surface area contributed by atoms with Gasteiger partial charge in [-0.2, -0.15) is 0 Å². The number of aliphatic imine (C=N–C) groups is 1. The van der Waals surface area contributed by atoms with Crippen molar-refractivity contribution in [2.24, 2.45) is 10.7 Å². The fraction of sp³-hybridized carbons (Fsp3) is 0.286. The number of nitrogens with zero attached hydrogens (tertiary/aromatic N) is 4. The summed E-state index contributed by atoms with van der Waals surface area (Å²) in [6, 6.07) is 17.3. The second-order valence-corrected chi connectivity index (χ2v) is 6.76. The minimum Gasteiger partial charge on any atom is -0.457 e. The third kappa shape index (κ3) is 5.69. The van der Waals surface area contributed by atoms with Gasteiger partial charge in [0.15, 0.2) is 11.8 Å². The van der Waals surface area contributed by atoms with Crippen LogP contribution in [0.25, 0.3) is 0 Å². The van der Waals surface area contributed by atoms with Gasteiger partial charge in [-0.1, -0.05) is 30.7 Å². The lowest BCUT2D eigenvalue weighted by atomic mass is 10.2. The van der Waals surface area contributed by atoms with Crippen molar-refractivity contribution < 1.29 is 4.74 Å². The number of aromatic nitrogens is 3. The standard InChI is InChI=1S/C21H24N6O.HI/c22-21(23-15-20-26-25-19-12-5-2-6-13-27(19)20)24-16-8-7-11-18(14-16)28-17-9-3-1-4-10-17;/h1,3-4,7-11,14H,2,5-6,12-13,15H2,(H3,22,23,24);1H. The minimum atomic E-state index is 0. The summed E-state index contributed by atoms with van der Waals surface area (Å²) in [7, 11) is 0. The number of guanidine groups is 1. The first kappa shape index (κ1) is 21.1. The first-order chi connectivity index (χ1) is 13.8. The van der Waals surface area contributed by atoms with Gasteiger partial charge in [0.1, 0.15) is 23.9 Å². The van der Waals surface area contributed by atoms with Crippen LogP contribution in [-0.2, 0) is 19.5 Å². The molecule has 0 unspecified atom stereocenters. The molecule has 7 nitrogen and oxygen atoms in total. The van der Waals surface area contributed by atoms with Crippen LogP contribution in [0.5, 0.6) is 11.5 Å². The summed E-state index contributed by atoms with van der Waals surface area (Å²) in [4.78, 5) is 4.43. The van der Waals surface area contributed by atoms with E-state index in [-0.39, 0.29) is 24.0 Å². The first-order valence-electron chi connectivity index (χ1n) is 9.59. The van der Waals surface area contributed by atoms with Gasteiger partial charge in [0.2, 0.25) is 0 Å². The van der Waals surface area contributed by atoms with Gasteiger partial charge in [-0.05, 0) is 37.1 Å². The van der Waals surface area contributed by atoms with E-state index >= 15 is 0 Å². The average molecular weight is 504 g/mol. The zero-order valence-corrected chi connectivity index (χ0v) is 18.5. The zero-order valence-electron chi connectivity index (χ0n) is 16.1. The maximum atomic E-state index is 6.07. The molecule has 1 aliphatic rings. The number of fused-ring (bicyclic) bond motifs is 1. The molecule has 0 radical (unpaired) electrons. The van der Waals surface area contributed by atoms with E-state index < -0.39 is 0 Å². The summed E-state index contributed by atoms with van der Waals surface area (Å²) in [5.74, 6) is 3.77. The van der Waals surface area contributed by atoms with E-state index in [2.05, 4.69) is 25.1 Å². The molecular weight excluding hydrogens is 479 g/mol. The quantitative estimate of drug-likeness (QED) is 0.307. The highest BCUT2D eigenvalue weighted by atomic mass is 127. The highest BCUT2D eigenvalue weighted by Crippen LogP contribution is 2.23. The summed E-state index contributed by atoms with van der Waals surface area (Å²) in [5, 5.41) is 11.7. The number of hydrogen-bond donors (Lipinski definition) is 2. The molecule has 29 heavy (non-hydrogen) atoms. The predicted octanol–water partition coefficient (Wildman–Crippen LogP) is 4.34. The molecule has 1 aromatic heterocycles. The Balaban J connectivity index is 0.00000240. The van der Waals surface area contributed by atoms with Crippen LogP contribution in [0.2, 0.25) is 0 Å². The van der Waals surface area contributed by atoms with E-state index in [1.165, 1.54) is 12.8 Å². The number of ether oxygens (including phenoxy) is 1. The Morgan fingerprint density at radius 1 is 1.03 bits per heavy atom. The molecule has 3 aromatic rings. The van der Waals surface area contributed by atoms with Gasteiger partial charge in [0, 0.05) is 24.7 Å². The van der Waals surface area contributed by atoms with E-state index in [0.29, 0.717) is 12.5 Å². The third-order valence-electron chi connectivity index (χ3n) is 4.66. The van der Waals surface area contributed by atoms with Crippen molar-refractivity contribution in [3.05, 3.63) is 66.2 Å². The van der Waals surface area contributed by atoms with Crippen molar-refractivity contribution in [2.45, 2.75) is 38.8 Å². The van der Waals surface area contributed by atoms with Gasteiger partial charge >= 0.3 is 0 Å². The fourth-order valence-electron chi connectivity index (χ4n) is 3.27.